The zero-order valence-electron chi connectivity index (χ0n) is 18.8. The first kappa shape index (κ1) is 22.8. The van der Waals surface area contributed by atoms with Crippen molar-refractivity contribution in [1.82, 2.24) is 24.8 Å². The van der Waals surface area contributed by atoms with E-state index in [0.717, 1.165) is 43.9 Å². The Kier molecular flexibility index (Phi) is 6.08. The minimum atomic E-state index is -1.56. The molecule has 8 nitrogen and oxygen atoms in total. The largest absolute Gasteiger partial charge is 0.324 e. The van der Waals surface area contributed by atoms with Gasteiger partial charge in [0.1, 0.15) is 0 Å². The standard InChI is InChI=1S/C24H21F3N6O2/c1-31-7-9-32(10-8-31)24-28-23(30-35-24)16-4-2-3-15(11-16)14-33-21(34)6-5-20(29-33)17-12-18(25)22(27)19(26)13-17/h2-6,11-13H,7-10,14H2,1H3. The minimum absolute atomic E-state index is 0.0205. The van der Waals surface area contributed by atoms with E-state index in [9.17, 15) is 18.0 Å². The number of rotatable bonds is 5. The van der Waals surface area contributed by atoms with Gasteiger partial charge >= 0.3 is 6.01 Å². The van der Waals surface area contributed by atoms with Crippen molar-refractivity contribution in [1.29, 1.82) is 0 Å². The molecule has 5 rings (SSSR count). The number of anilines is 1. The van der Waals surface area contributed by atoms with Crippen molar-refractivity contribution >= 4 is 6.01 Å². The summed E-state index contributed by atoms with van der Waals surface area (Å²) in [5, 5.41) is 8.31. The smallest absolute Gasteiger partial charge is 0.322 e. The molecular formula is C24H21F3N6O2. The average Bonchev–Trinajstić information content (AvgIpc) is 3.35. The summed E-state index contributed by atoms with van der Waals surface area (Å²) in [7, 11) is 2.06. The number of nitrogens with zero attached hydrogens (tertiary/aromatic N) is 6. The van der Waals surface area contributed by atoms with Gasteiger partial charge in [-0.05, 0) is 36.9 Å². The number of likely N-dealkylation sites (N-methyl/N-ethyl adjacent to an activating group) is 1. The molecular weight excluding hydrogens is 461 g/mol. The summed E-state index contributed by atoms with van der Waals surface area (Å²) in [5.74, 6) is -3.80. The van der Waals surface area contributed by atoms with Gasteiger partial charge in [0.2, 0.25) is 5.82 Å². The first-order chi connectivity index (χ1) is 16.9. The van der Waals surface area contributed by atoms with Crippen molar-refractivity contribution in [2.75, 3.05) is 38.1 Å². The number of piperazine rings is 1. The summed E-state index contributed by atoms with van der Waals surface area (Å²) in [6.07, 6.45) is 0. The Labute approximate surface area is 198 Å². The topological polar surface area (TPSA) is 80.3 Å². The number of hydrogen-bond donors (Lipinski definition) is 0. The number of benzene rings is 2. The maximum Gasteiger partial charge on any atom is 0.324 e. The molecule has 1 fully saturated rings. The van der Waals surface area contributed by atoms with E-state index in [1.54, 1.807) is 6.07 Å². The third-order valence-electron chi connectivity index (χ3n) is 5.85. The number of hydrogen-bond acceptors (Lipinski definition) is 7. The van der Waals surface area contributed by atoms with Gasteiger partial charge in [-0.3, -0.25) is 4.79 Å². The van der Waals surface area contributed by atoms with E-state index in [-0.39, 0.29) is 17.8 Å². The summed E-state index contributed by atoms with van der Waals surface area (Å²) in [4.78, 5) is 21.2. The molecule has 2 aromatic heterocycles. The van der Waals surface area contributed by atoms with Crippen LogP contribution in [0.2, 0.25) is 0 Å². The van der Waals surface area contributed by atoms with E-state index in [1.807, 2.05) is 23.1 Å². The summed E-state index contributed by atoms with van der Waals surface area (Å²) in [5.41, 5.74) is 1.19. The molecule has 35 heavy (non-hydrogen) atoms. The van der Waals surface area contributed by atoms with Crippen molar-refractivity contribution in [3.05, 3.63) is 81.9 Å². The Balaban J connectivity index is 1.38. The summed E-state index contributed by atoms with van der Waals surface area (Å²) >= 11 is 0. The molecule has 4 aromatic rings. The molecule has 0 spiro atoms. The van der Waals surface area contributed by atoms with Gasteiger partial charge in [0, 0.05) is 43.4 Å². The van der Waals surface area contributed by atoms with Crippen molar-refractivity contribution in [2.24, 2.45) is 0 Å². The van der Waals surface area contributed by atoms with Crippen LogP contribution < -0.4 is 10.5 Å². The van der Waals surface area contributed by atoms with Crippen LogP contribution in [0.25, 0.3) is 22.6 Å². The van der Waals surface area contributed by atoms with Crippen LogP contribution in [0.5, 0.6) is 0 Å². The molecule has 0 saturated carbocycles. The predicted octanol–water partition coefficient (Wildman–Crippen LogP) is 3.18. The van der Waals surface area contributed by atoms with Crippen LogP contribution in [-0.4, -0.2) is 58.0 Å². The number of aromatic nitrogens is 4. The van der Waals surface area contributed by atoms with Gasteiger partial charge < -0.3 is 14.3 Å². The van der Waals surface area contributed by atoms with Crippen LogP contribution in [0.4, 0.5) is 19.2 Å². The van der Waals surface area contributed by atoms with Gasteiger partial charge in [0.05, 0.1) is 12.2 Å². The normalized spacial score (nSPS) is 14.5. The van der Waals surface area contributed by atoms with Crippen LogP contribution in [0, 0.1) is 17.5 Å². The second-order valence-electron chi connectivity index (χ2n) is 8.36. The highest BCUT2D eigenvalue weighted by Crippen LogP contribution is 2.23. The lowest BCUT2D eigenvalue weighted by molar-refractivity contribution is 0.298. The Morgan fingerprint density at radius 1 is 0.943 bits per heavy atom. The molecule has 0 aliphatic carbocycles. The third kappa shape index (κ3) is 4.80. The monoisotopic (exact) mass is 482 g/mol. The molecule has 0 atom stereocenters. The average molecular weight is 482 g/mol. The van der Waals surface area contributed by atoms with Gasteiger partial charge in [-0.1, -0.05) is 23.4 Å². The van der Waals surface area contributed by atoms with Crippen LogP contribution in [-0.2, 0) is 6.54 Å². The lowest BCUT2D eigenvalue weighted by Gasteiger charge is -2.30. The SMILES string of the molecule is CN1CCN(c2nc(-c3cccc(Cn4nc(-c5cc(F)c(F)c(F)c5)ccc4=O)c3)no2)CC1. The second-order valence-corrected chi connectivity index (χ2v) is 8.36. The maximum absolute atomic E-state index is 13.7. The number of halogens is 3. The molecule has 1 aliphatic rings. The molecule has 0 radical (unpaired) electrons. The fourth-order valence-corrected chi connectivity index (χ4v) is 3.86. The Morgan fingerprint density at radius 3 is 2.43 bits per heavy atom. The van der Waals surface area contributed by atoms with Crippen molar-refractivity contribution in [2.45, 2.75) is 6.54 Å². The molecule has 180 valence electrons. The first-order valence-electron chi connectivity index (χ1n) is 11.0. The molecule has 0 unspecified atom stereocenters. The van der Waals surface area contributed by atoms with Crippen LogP contribution in [0.1, 0.15) is 5.56 Å². The van der Waals surface area contributed by atoms with Crippen molar-refractivity contribution < 1.29 is 17.7 Å². The van der Waals surface area contributed by atoms with E-state index in [1.165, 1.54) is 16.8 Å². The zero-order chi connectivity index (χ0) is 24.5. The van der Waals surface area contributed by atoms with Crippen molar-refractivity contribution in [3.63, 3.8) is 0 Å². The molecule has 2 aromatic carbocycles. The summed E-state index contributed by atoms with van der Waals surface area (Å²) in [6.45, 7) is 3.50. The Morgan fingerprint density at radius 2 is 1.69 bits per heavy atom. The molecule has 0 bridgehead atoms. The maximum atomic E-state index is 13.7. The second kappa shape index (κ2) is 9.34. The highest BCUT2D eigenvalue weighted by atomic mass is 19.2. The highest BCUT2D eigenvalue weighted by molar-refractivity contribution is 5.59. The van der Waals surface area contributed by atoms with Crippen LogP contribution in [0.15, 0.2) is 57.8 Å². The van der Waals surface area contributed by atoms with Crippen LogP contribution >= 0.6 is 0 Å². The summed E-state index contributed by atoms with van der Waals surface area (Å²) < 4.78 is 47.3. The minimum Gasteiger partial charge on any atom is -0.322 e. The summed E-state index contributed by atoms with van der Waals surface area (Å²) in [6, 6.07) is 12.0. The Hall–Kier alpha value is -3.99. The Bertz CT molecular complexity index is 1410. The molecule has 1 aliphatic heterocycles. The van der Waals surface area contributed by atoms with Gasteiger partial charge in [0.15, 0.2) is 17.5 Å². The quantitative estimate of drug-likeness (QED) is 0.404. The third-order valence-corrected chi connectivity index (χ3v) is 5.85. The highest BCUT2D eigenvalue weighted by Gasteiger charge is 2.20. The predicted molar refractivity (Wildman–Crippen MR) is 122 cm³/mol. The van der Waals surface area contributed by atoms with E-state index in [2.05, 4.69) is 27.2 Å². The fraction of sp³-hybridized carbons (Fsp3) is 0.250. The lowest BCUT2D eigenvalue weighted by atomic mass is 10.1. The zero-order valence-corrected chi connectivity index (χ0v) is 18.8. The molecule has 0 amide bonds. The fourth-order valence-electron chi connectivity index (χ4n) is 3.86. The van der Waals surface area contributed by atoms with Crippen LogP contribution in [0.3, 0.4) is 0 Å². The van der Waals surface area contributed by atoms with E-state index >= 15 is 0 Å². The molecule has 3 heterocycles. The van der Waals surface area contributed by atoms with Gasteiger partial charge in [-0.2, -0.15) is 10.1 Å². The molecule has 11 heteroatoms. The van der Waals surface area contributed by atoms with E-state index < -0.39 is 23.0 Å². The van der Waals surface area contributed by atoms with Gasteiger partial charge in [-0.25, -0.2) is 17.9 Å². The van der Waals surface area contributed by atoms with Gasteiger partial charge in [-0.15, -0.1) is 0 Å². The lowest BCUT2D eigenvalue weighted by Crippen LogP contribution is -2.44. The molecule has 0 N–H and O–H groups in total. The first-order valence-corrected chi connectivity index (χ1v) is 11.0. The van der Waals surface area contributed by atoms with E-state index in [0.29, 0.717) is 17.4 Å². The van der Waals surface area contributed by atoms with Gasteiger partial charge in [0.25, 0.3) is 5.56 Å². The van der Waals surface area contributed by atoms with Crippen molar-refractivity contribution in [3.8, 4) is 22.6 Å². The molecule has 1 saturated heterocycles. The van der Waals surface area contributed by atoms with E-state index in [4.69, 9.17) is 4.52 Å².